The van der Waals surface area contributed by atoms with Crippen molar-refractivity contribution in [3.8, 4) is 0 Å². The first-order valence-electron chi connectivity index (χ1n) is 5.14. The third-order valence-corrected chi connectivity index (χ3v) is 3.42. The van der Waals surface area contributed by atoms with Crippen LogP contribution in [0.15, 0.2) is 33.9 Å². The van der Waals surface area contributed by atoms with E-state index in [1.807, 2.05) is 0 Å². The molecular formula is C11H12N2O3S. The fourth-order valence-electron chi connectivity index (χ4n) is 1.55. The smallest absolute Gasteiger partial charge is 0.310 e. The summed E-state index contributed by atoms with van der Waals surface area (Å²) in [7, 11) is 0. The molecule has 17 heavy (non-hydrogen) atoms. The SMILES string of the molecule is NC[C@H](O)Cn1c(=O)sc2ccccc2c1=O. The number of aliphatic hydroxyl groups is 1. The van der Waals surface area contributed by atoms with Crippen LogP contribution < -0.4 is 16.2 Å². The van der Waals surface area contributed by atoms with Gasteiger partial charge in [0.15, 0.2) is 0 Å². The third kappa shape index (κ3) is 2.28. The molecule has 3 N–H and O–H groups in total. The predicted octanol–water partition coefficient (Wildman–Crippen LogP) is -0.257. The summed E-state index contributed by atoms with van der Waals surface area (Å²) in [5, 5.41) is 9.90. The molecule has 0 radical (unpaired) electrons. The molecule has 1 atom stereocenters. The lowest BCUT2D eigenvalue weighted by molar-refractivity contribution is 0.160. The van der Waals surface area contributed by atoms with E-state index in [9.17, 15) is 14.7 Å². The molecule has 0 spiro atoms. The minimum Gasteiger partial charge on any atom is -0.390 e. The van der Waals surface area contributed by atoms with Crippen molar-refractivity contribution < 1.29 is 5.11 Å². The first kappa shape index (κ1) is 12.0. The molecule has 6 heteroatoms. The van der Waals surface area contributed by atoms with Crippen LogP contribution in [0.2, 0.25) is 0 Å². The van der Waals surface area contributed by atoms with E-state index in [0.717, 1.165) is 15.9 Å². The Balaban J connectivity index is 2.64. The molecule has 0 unspecified atom stereocenters. The van der Waals surface area contributed by atoms with Crippen molar-refractivity contribution >= 4 is 21.4 Å². The van der Waals surface area contributed by atoms with Gasteiger partial charge in [0.2, 0.25) is 0 Å². The number of aliphatic hydroxyl groups excluding tert-OH is 1. The largest absolute Gasteiger partial charge is 0.390 e. The van der Waals surface area contributed by atoms with Gasteiger partial charge in [0.05, 0.1) is 18.0 Å². The topological polar surface area (TPSA) is 85.3 Å². The monoisotopic (exact) mass is 252 g/mol. The van der Waals surface area contributed by atoms with Crippen LogP contribution >= 0.6 is 11.3 Å². The summed E-state index contributed by atoms with van der Waals surface area (Å²) in [5.74, 6) is 0. The van der Waals surface area contributed by atoms with E-state index in [0.29, 0.717) is 10.1 Å². The molecule has 0 aliphatic carbocycles. The summed E-state index contributed by atoms with van der Waals surface area (Å²) in [4.78, 5) is 23.4. The van der Waals surface area contributed by atoms with Gasteiger partial charge in [-0.2, -0.15) is 0 Å². The molecule has 2 rings (SSSR count). The van der Waals surface area contributed by atoms with Crippen molar-refractivity contribution in [3.05, 3.63) is 44.3 Å². The Morgan fingerprint density at radius 2 is 2.06 bits per heavy atom. The van der Waals surface area contributed by atoms with E-state index >= 15 is 0 Å². The molecular weight excluding hydrogens is 240 g/mol. The van der Waals surface area contributed by atoms with Crippen molar-refractivity contribution in [1.29, 1.82) is 0 Å². The molecule has 2 aromatic rings. The Bertz CT molecular complexity index is 647. The molecule has 0 bridgehead atoms. The first-order valence-corrected chi connectivity index (χ1v) is 5.96. The molecule has 5 nitrogen and oxygen atoms in total. The second-order valence-electron chi connectivity index (χ2n) is 3.67. The third-order valence-electron chi connectivity index (χ3n) is 2.45. The fraction of sp³-hybridized carbons (Fsp3) is 0.273. The number of benzene rings is 1. The Morgan fingerprint density at radius 1 is 1.35 bits per heavy atom. The van der Waals surface area contributed by atoms with Gasteiger partial charge in [-0.15, -0.1) is 0 Å². The van der Waals surface area contributed by atoms with E-state index in [1.165, 1.54) is 0 Å². The molecule has 0 saturated heterocycles. The molecule has 0 amide bonds. The maximum absolute atomic E-state index is 12.0. The van der Waals surface area contributed by atoms with Gasteiger partial charge in [-0.25, -0.2) is 0 Å². The Labute approximate surface area is 101 Å². The van der Waals surface area contributed by atoms with E-state index in [1.54, 1.807) is 24.3 Å². The van der Waals surface area contributed by atoms with Crippen LogP contribution in [0.5, 0.6) is 0 Å². The van der Waals surface area contributed by atoms with Gasteiger partial charge in [-0.3, -0.25) is 14.2 Å². The van der Waals surface area contributed by atoms with Gasteiger partial charge in [-0.1, -0.05) is 23.5 Å². The molecule has 90 valence electrons. The number of aromatic nitrogens is 1. The average Bonchev–Trinajstić information content (AvgIpc) is 2.34. The number of hydrogen-bond donors (Lipinski definition) is 2. The highest BCUT2D eigenvalue weighted by atomic mass is 32.1. The normalized spacial score (nSPS) is 12.8. The molecule has 0 fully saturated rings. The summed E-state index contributed by atoms with van der Waals surface area (Å²) < 4.78 is 1.69. The Hall–Kier alpha value is -1.50. The quantitative estimate of drug-likeness (QED) is 0.788. The van der Waals surface area contributed by atoms with Gasteiger partial charge in [0.1, 0.15) is 0 Å². The summed E-state index contributed by atoms with van der Waals surface area (Å²) in [5.41, 5.74) is 4.89. The van der Waals surface area contributed by atoms with Crippen LogP contribution in [0.1, 0.15) is 0 Å². The van der Waals surface area contributed by atoms with E-state index in [4.69, 9.17) is 5.73 Å². The van der Waals surface area contributed by atoms with E-state index in [2.05, 4.69) is 0 Å². The molecule has 0 aliphatic rings. The fourth-order valence-corrected chi connectivity index (χ4v) is 2.42. The Morgan fingerprint density at radius 3 is 2.76 bits per heavy atom. The molecule has 0 aliphatic heterocycles. The highest BCUT2D eigenvalue weighted by molar-refractivity contribution is 7.16. The highest BCUT2D eigenvalue weighted by Crippen LogP contribution is 2.10. The number of fused-ring (bicyclic) bond motifs is 1. The van der Waals surface area contributed by atoms with Crippen LogP contribution in [0.3, 0.4) is 0 Å². The van der Waals surface area contributed by atoms with Crippen LogP contribution in [0, 0.1) is 0 Å². The highest BCUT2D eigenvalue weighted by Gasteiger charge is 2.10. The van der Waals surface area contributed by atoms with E-state index < -0.39 is 6.10 Å². The zero-order valence-corrected chi connectivity index (χ0v) is 9.81. The lowest BCUT2D eigenvalue weighted by atomic mass is 10.3. The van der Waals surface area contributed by atoms with Gasteiger partial charge in [-0.05, 0) is 12.1 Å². The van der Waals surface area contributed by atoms with Crippen LogP contribution in [0.25, 0.3) is 10.1 Å². The number of nitrogens with zero attached hydrogens (tertiary/aromatic N) is 1. The summed E-state index contributed by atoms with van der Waals surface area (Å²) in [6.45, 7) is -0.0428. The van der Waals surface area contributed by atoms with Gasteiger partial charge >= 0.3 is 4.87 Å². The average molecular weight is 252 g/mol. The van der Waals surface area contributed by atoms with Crippen molar-refractivity contribution in [3.63, 3.8) is 0 Å². The zero-order valence-electron chi connectivity index (χ0n) is 9.00. The van der Waals surface area contributed by atoms with Crippen LogP contribution in [0.4, 0.5) is 0 Å². The maximum atomic E-state index is 12.0. The minimum absolute atomic E-state index is 0.0172. The van der Waals surface area contributed by atoms with Crippen LogP contribution in [-0.4, -0.2) is 22.3 Å². The van der Waals surface area contributed by atoms with Gasteiger partial charge in [0, 0.05) is 11.2 Å². The second kappa shape index (κ2) is 4.79. The van der Waals surface area contributed by atoms with Crippen molar-refractivity contribution in [2.75, 3.05) is 6.54 Å². The maximum Gasteiger partial charge on any atom is 0.310 e. The Kier molecular flexibility index (Phi) is 3.37. The first-order chi connectivity index (χ1) is 8.13. The zero-order chi connectivity index (χ0) is 12.4. The lowest BCUT2D eigenvalue weighted by Gasteiger charge is -2.09. The summed E-state index contributed by atoms with van der Waals surface area (Å²) in [6.07, 6.45) is -0.881. The van der Waals surface area contributed by atoms with Crippen molar-refractivity contribution in [1.82, 2.24) is 4.57 Å². The molecule has 1 heterocycles. The number of rotatable bonds is 3. The molecule has 0 saturated carbocycles. The lowest BCUT2D eigenvalue weighted by Crippen LogP contribution is -2.37. The standard InChI is InChI=1S/C11H12N2O3S/c12-5-7(14)6-13-10(15)8-3-1-2-4-9(8)17-11(13)16/h1-4,7,14H,5-6,12H2/t7-/m0/s1. The predicted molar refractivity (Wildman–Crippen MR) is 67.4 cm³/mol. The van der Waals surface area contributed by atoms with E-state index in [-0.39, 0.29) is 23.5 Å². The van der Waals surface area contributed by atoms with Crippen molar-refractivity contribution in [2.45, 2.75) is 12.6 Å². The molecule has 1 aromatic heterocycles. The number of nitrogens with two attached hydrogens (primary N) is 1. The summed E-state index contributed by atoms with van der Waals surface area (Å²) in [6, 6.07) is 6.91. The summed E-state index contributed by atoms with van der Waals surface area (Å²) >= 11 is 0.990. The van der Waals surface area contributed by atoms with Gasteiger partial charge < -0.3 is 10.8 Å². The van der Waals surface area contributed by atoms with Crippen LogP contribution in [-0.2, 0) is 6.54 Å². The molecule has 1 aromatic carbocycles. The van der Waals surface area contributed by atoms with Crippen molar-refractivity contribution in [2.24, 2.45) is 5.73 Å². The second-order valence-corrected chi connectivity index (χ2v) is 4.66. The minimum atomic E-state index is -0.881. The number of hydrogen-bond acceptors (Lipinski definition) is 5. The van der Waals surface area contributed by atoms with Gasteiger partial charge in [0.25, 0.3) is 5.56 Å².